The monoisotopic (exact) mass is 235 g/mol. The molecule has 0 atom stereocenters. The van der Waals surface area contributed by atoms with Gasteiger partial charge in [0.05, 0.1) is 21.5 Å². The predicted octanol–water partition coefficient (Wildman–Crippen LogP) is 2.86. The van der Waals surface area contributed by atoms with Crippen molar-refractivity contribution in [3.8, 4) is 0 Å². The third-order valence-corrected chi connectivity index (χ3v) is 2.29. The van der Waals surface area contributed by atoms with Crippen LogP contribution in [0.2, 0.25) is 10.0 Å². The molecule has 2 nitrogen and oxygen atoms in total. The molecular weight excluding hydrogens is 229 g/mol. The Balaban J connectivity index is 2.93. The van der Waals surface area contributed by atoms with Gasteiger partial charge in [-0.05, 0) is 12.1 Å². The lowest BCUT2D eigenvalue weighted by atomic mass is 10.3. The van der Waals surface area contributed by atoms with E-state index in [0.717, 1.165) is 0 Å². The smallest absolute Gasteiger partial charge is 0.234 e. The summed E-state index contributed by atoms with van der Waals surface area (Å²) in [4.78, 5) is 11.0. The van der Waals surface area contributed by atoms with Gasteiger partial charge in [0.15, 0.2) is 0 Å². The number of para-hydroxylation sites is 1. The van der Waals surface area contributed by atoms with Crippen molar-refractivity contribution in [2.45, 2.75) is 0 Å². The topological polar surface area (TPSA) is 29.1 Å². The highest BCUT2D eigenvalue weighted by Crippen LogP contribution is 2.29. The summed E-state index contributed by atoms with van der Waals surface area (Å²) in [5.74, 6) is -0.139. The molecule has 0 aliphatic heterocycles. The zero-order chi connectivity index (χ0) is 9.84. The number of halogens is 2. The number of rotatable bonds is 2. The van der Waals surface area contributed by atoms with Crippen molar-refractivity contribution in [2.75, 3.05) is 11.1 Å². The Morgan fingerprint density at radius 2 is 1.92 bits per heavy atom. The summed E-state index contributed by atoms with van der Waals surface area (Å²) < 4.78 is 0. The summed E-state index contributed by atoms with van der Waals surface area (Å²) in [5.41, 5.74) is 0.435. The van der Waals surface area contributed by atoms with Crippen LogP contribution in [-0.2, 0) is 4.79 Å². The maximum absolute atomic E-state index is 11.0. The average Bonchev–Trinajstić information content (AvgIpc) is 2.11. The van der Waals surface area contributed by atoms with Crippen LogP contribution in [0.25, 0.3) is 0 Å². The number of hydrogen-bond acceptors (Lipinski definition) is 2. The van der Waals surface area contributed by atoms with E-state index in [2.05, 4.69) is 17.9 Å². The van der Waals surface area contributed by atoms with Crippen molar-refractivity contribution >= 4 is 47.4 Å². The van der Waals surface area contributed by atoms with Crippen LogP contribution in [0, 0.1) is 0 Å². The molecule has 70 valence electrons. The first-order valence-corrected chi connectivity index (χ1v) is 4.88. The number of nitrogens with one attached hydrogen (secondary N) is 1. The minimum Gasteiger partial charge on any atom is -0.323 e. The zero-order valence-electron chi connectivity index (χ0n) is 6.55. The highest BCUT2D eigenvalue weighted by Gasteiger charge is 2.07. The number of carbonyl (C=O) groups excluding carboxylic acids is 1. The molecular formula is C8H7Cl2NOS. The Labute approximate surface area is 91.6 Å². The summed E-state index contributed by atoms with van der Waals surface area (Å²) in [7, 11) is 0. The molecule has 0 heterocycles. The van der Waals surface area contributed by atoms with Crippen LogP contribution >= 0.6 is 35.8 Å². The van der Waals surface area contributed by atoms with E-state index >= 15 is 0 Å². The van der Waals surface area contributed by atoms with Crippen molar-refractivity contribution in [3.63, 3.8) is 0 Å². The minimum atomic E-state index is -0.238. The van der Waals surface area contributed by atoms with Gasteiger partial charge in [0.25, 0.3) is 0 Å². The molecule has 0 fully saturated rings. The van der Waals surface area contributed by atoms with E-state index in [9.17, 15) is 4.79 Å². The number of thiol groups is 1. The molecule has 1 aromatic rings. The molecule has 1 amide bonds. The molecule has 0 saturated heterocycles. The fraction of sp³-hybridized carbons (Fsp3) is 0.125. The summed E-state index contributed by atoms with van der Waals surface area (Å²) in [6.07, 6.45) is 0. The van der Waals surface area contributed by atoms with Crippen LogP contribution in [0.3, 0.4) is 0 Å². The number of amides is 1. The van der Waals surface area contributed by atoms with Gasteiger partial charge in [-0.3, -0.25) is 4.79 Å². The first kappa shape index (κ1) is 10.7. The normalized spacial score (nSPS) is 9.77. The fourth-order valence-electron chi connectivity index (χ4n) is 0.796. The summed E-state index contributed by atoms with van der Waals surface area (Å²) in [5, 5.41) is 3.39. The average molecular weight is 236 g/mol. The maximum Gasteiger partial charge on any atom is 0.234 e. The second-order valence-corrected chi connectivity index (χ2v) is 3.43. The lowest BCUT2D eigenvalue weighted by molar-refractivity contribution is -0.113. The van der Waals surface area contributed by atoms with E-state index in [1.165, 1.54) is 0 Å². The second kappa shape index (κ2) is 4.74. The van der Waals surface area contributed by atoms with E-state index in [1.807, 2.05) is 0 Å². The van der Waals surface area contributed by atoms with Crippen LogP contribution in [0.15, 0.2) is 18.2 Å². The molecule has 0 aliphatic carbocycles. The van der Waals surface area contributed by atoms with Crippen LogP contribution < -0.4 is 5.32 Å². The van der Waals surface area contributed by atoms with Crippen LogP contribution in [-0.4, -0.2) is 11.7 Å². The highest BCUT2D eigenvalue weighted by molar-refractivity contribution is 7.81. The largest absolute Gasteiger partial charge is 0.323 e. The van der Waals surface area contributed by atoms with Gasteiger partial charge in [0.2, 0.25) is 5.91 Å². The summed E-state index contributed by atoms with van der Waals surface area (Å²) in [6.45, 7) is 0. The van der Waals surface area contributed by atoms with Gasteiger partial charge in [-0.1, -0.05) is 29.3 Å². The standard InChI is InChI=1S/C8H7Cl2NOS/c9-5-2-1-3-6(10)8(5)11-7(12)4-13/h1-3,13H,4H2,(H,11,12). The van der Waals surface area contributed by atoms with Crippen molar-refractivity contribution in [1.29, 1.82) is 0 Å². The van der Waals surface area contributed by atoms with E-state index < -0.39 is 0 Å². The summed E-state index contributed by atoms with van der Waals surface area (Å²) >= 11 is 15.4. The van der Waals surface area contributed by atoms with Gasteiger partial charge in [-0.2, -0.15) is 12.6 Å². The first-order chi connectivity index (χ1) is 6.15. The third kappa shape index (κ3) is 2.79. The van der Waals surface area contributed by atoms with Gasteiger partial charge < -0.3 is 5.32 Å². The molecule has 5 heteroatoms. The Morgan fingerprint density at radius 1 is 1.38 bits per heavy atom. The second-order valence-electron chi connectivity index (χ2n) is 2.30. The lowest BCUT2D eigenvalue weighted by Crippen LogP contribution is -2.13. The van der Waals surface area contributed by atoms with Gasteiger partial charge in [-0.25, -0.2) is 0 Å². The Bertz CT molecular complexity index is 310. The molecule has 0 aliphatic rings. The molecule has 0 unspecified atom stereocenters. The van der Waals surface area contributed by atoms with Gasteiger partial charge in [-0.15, -0.1) is 0 Å². The van der Waals surface area contributed by atoms with Crippen molar-refractivity contribution < 1.29 is 4.79 Å². The van der Waals surface area contributed by atoms with Crippen molar-refractivity contribution in [3.05, 3.63) is 28.2 Å². The van der Waals surface area contributed by atoms with Gasteiger partial charge >= 0.3 is 0 Å². The number of anilines is 1. The molecule has 1 aromatic carbocycles. The zero-order valence-corrected chi connectivity index (χ0v) is 8.96. The molecule has 0 bridgehead atoms. The quantitative estimate of drug-likeness (QED) is 0.759. The van der Waals surface area contributed by atoms with E-state index in [1.54, 1.807) is 18.2 Å². The predicted molar refractivity (Wildman–Crippen MR) is 58.9 cm³/mol. The Morgan fingerprint density at radius 3 is 2.38 bits per heavy atom. The summed E-state index contributed by atoms with van der Waals surface area (Å²) in [6, 6.07) is 5.02. The SMILES string of the molecule is O=C(CS)Nc1c(Cl)cccc1Cl. The van der Waals surface area contributed by atoms with Crippen molar-refractivity contribution in [1.82, 2.24) is 0 Å². The van der Waals surface area contributed by atoms with Crippen molar-refractivity contribution in [2.24, 2.45) is 0 Å². The Hall–Kier alpha value is -0.380. The molecule has 13 heavy (non-hydrogen) atoms. The van der Waals surface area contributed by atoms with E-state index in [-0.39, 0.29) is 11.7 Å². The molecule has 1 N–H and O–H groups in total. The van der Waals surface area contributed by atoms with Crippen LogP contribution in [0.4, 0.5) is 5.69 Å². The molecule has 0 spiro atoms. The minimum absolute atomic E-state index is 0.0988. The first-order valence-electron chi connectivity index (χ1n) is 3.50. The fourth-order valence-corrected chi connectivity index (χ4v) is 1.37. The molecule has 0 radical (unpaired) electrons. The maximum atomic E-state index is 11.0. The van der Waals surface area contributed by atoms with Crippen LogP contribution in [0.1, 0.15) is 0 Å². The molecule has 0 saturated carbocycles. The van der Waals surface area contributed by atoms with Gasteiger partial charge in [0.1, 0.15) is 0 Å². The number of hydrogen-bond donors (Lipinski definition) is 2. The van der Waals surface area contributed by atoms with Crippen LogP contribution in [0.5, 0.6) is 0 Å². The molecule has 1 rings (SSSR count). The number of benzene rings is 1. The molecule has 0 aromatic heterocycles. The van der Waals surface area contributed by atoms with E-state index in [4.69, 9.17) is 23.2 Å². The lowest BCUT2D eigenvalue weighted by Gasteiger charge is -2.06. The number of carbonyl (C=O) groups is 1. The van der Waals surface area contributed by atoms with E-state index in [0.29, 0.717) is 15.7 Å². The third-order valence-electron chi connectivity index (χ3n) is 1.37. The van der Waals surface area contributed by atoms with Gasteiger partial charge in [0, 0.05) is 0 Å². The highest BCUT2D eigenvalue weighted by atomic mass is 35.5. The Kier molecular flexibility index (Phi) is 3.90.